The van der Waals surface area contributed by atoms with Crippen LogP contribution in [0.5, 0.6) is 0 Å². The molecule has 0 aliphatic carbocycles. The van der Waals surface area contributed by atoms with Crippen molar-refractivity contribution < 1.29 is 0 Å². The SMILES string of the molecule is [B]C(C)(CCC)CCCC(C)C. The molecule has 0 heterocycles. The Morgan fingerprint density at radius 1 is 1.25 bits per heavy atom. The van der Waals surface area contributed by atoms with E-state index >= 15 is 0 Å². The van der Waals surface area contributed by atoms with E-state index in [4.69, 9.17) is 7.85 Å². The molecular weight excluding hydrogens is 143 g/mol. The van der Waals surface area contributed by atoms with Crippen LogP contribution in [0.1, 0.15) is 59.8 Å². The van der Waals surface area contributed by atoms with E-state index < -0.39 is 0 Å². The molecule has 1 atom stereocenters. The van der Waals surface area contributed by atoms with E-state index in [1.807, 2.05) is 0 Å². The molecule has 0 aromatic rings. The molecular formula is C11H23B. The largest absolute Gasteiger partial charge is 0.0742 e. The Balaban J connectivity index is 3.46. The first-order valence-electron chi connectivity index (χ1n) is 5.27. The zero-order valence-corrected chi connectivity index (χ0v) is 9.19. The minimum Gasteiger partial charge on any atom is -0.0688 e. The Morgan fingerprint density at radius 2 is 1.83 bits per heavy atom. The summed E-state index contributed by atoms with van der Waals surface area (Å²) in [6.45, 7) is 8.92. The second kappa shape index (κ2) is 5.67. The number of hydrogen-bond acceptors (Lipinski definition) is 0. The van der Waals surface area contributed by atoms with Crippen molar-refractivity contribution in [3.05, 3.63) is 0 Å². The lowest BCUT2D eigenvalue weighted by molar-refractivity contribution is 0.450. The van der Waals surface area contributed by atoms with Gasteiger partial charge in [-0.1, -0.05) is 65.1 Å². The minimum absolute atomic E-state index is 0.0869. The Kier molecular flexibility index (Phi) is 5.70. The van der Waals surface area contributed by atoms with Crippen molar-refractivity contribution >= 4 is 7.85 Å². The summed E-state index contributed by atoms with van der Waals surface area (Å²) < 4.78 is 0. The Bertz CT molecular complexity index is 106. The third-order valence-electron chi connectivity index (χ3n) is 2.35. The van der Waals surface area contributed by atoms with Gasteiger partial charge in [-0.05, 0) is 5.92 Å². The first kappa shape index (κ1) is 12.1. The average Bonchev–Trinajstić information content (AvgIpc) is 1.85. The van der Waals surface area contributed by atoms with Crippen LogP contribution < -0.4 is 0 Å². The van der Waals surface area contributed by atoms with Gasteiger partial charge in [0.05, 0.1) is 7.85 Å². The molecule has 2 radical (unpaired) electrons. The summed E-state index contributed by atoms with van der Waals surface area (Å²) in [5.41, 5.74) is 0. The number of rotatable bonds is 6. The highest BCUT2D eigenvalue weighted by Crippen LogP contribution is 2.33. The highest BCUT2D eigenvalue weighted by Gasteiger charge is 2.15. The van der Waals surface area contributed by atoms with Crippen molar-refractivity contribution in [3.8, 4) is 0 Å². The molecule has 0 amide bonds. The van der Waals surface area contributed by atoms with E-state index in [1.165, 1.54) is 25.7 Å². The van der Waals surface area contributed by atoms with E-state index in [1.54, 1.807) is 0 Å². The van der Waals surface area contributed by atoms with E-state index in [9.17, 15) is 0 Å². The van der Waals surface area contributed by atoms with E-state index in [2.05, 4.69) is 27.7 Å². The Hall–Kier alpha value is 0.0649. The highest BCUT2D eigenvalue weighted by atomic mass is 14.2. The van der Waals surface area contributed by atoms with Gasteiger partial charge in [0, 0.05) is 0 Å². The smallest absolute Gasteiger partial charge is 0.0688 e. The molecule has 0 saturated heterocycles. The summed E-state index contributed by atoms with van der Waals surface area (Å²) in [5, 5.41) is 0.0869. The summed E-state index contributed by atoms with van der Waals surface area (Å²) in [4.78, 5) is 0. The third-order valence-corrected chi connectivity index (χ3v) is 2.35. The van der Waals surface area contributed by atoms with Gasteiger partial charge in [0.25, 0.3) is 0 Å². The van der Waals surface area contributed by atoms with Crippen LogP contribution in [0.2, 0.25) is 5.31 Å². The van der Waals surface area contributed by atoms with Crippen LogP contribution in [0.15, 0.2) is 0 Å². The zero-order valence-electron chi connectivity index (χ0n) is 9.19. The first-order chi connectivity index (χ1) is 5.48. The van der Waals surface area contributed by atoms with Crippen LogP contribution >= 0.6 is 0 Å². The average molecular weight is 166 g/mol. The summed E-state index contributed by atoms with van der Waals surface area (Å²) in [7, 11) is 6.11. The van der Waals surface area contributed by atoms with Crippen molar-refractivity contribution in [2.75, 3.05) is 0 Å². The van der Waals surface area contributed by atoms with Gasteiger partial charge in [0.15, 0.2) is 0 Å². The molecule has 0 N–H and O–H groups in total. The Labute approximate surface area is 79.5 Å². The standard InChI is InChI=1S/C11H23B/c1-5-8-11(4,12)9-6-7-10(2)3/h10H,5-9H2,1-4H3. The van der Waals surface area contributed by atoms with Crippen molar-refractivity contribution in [3.63, 3.8) is 0 Å². The summed E-state index contributed by atoms with van der Waals surface area (Å²) in [6, 6.07) is 0. The van der Waals surface area contributed by atoms with Gasteiger partial charge in [-0.2, -0.15) is 0 Å². The van der Waals surface area contributed by atoms with Crippen LogP contribution in [0.25, 0.3) is 0 Å². The highest BCUT2D eigenvalue weighted by molar-refractivity contribution is 6.14. The lowest BCUT2D eigenvalue weighted by Gasteiger charge is -2.24. The van der Waals surface area contributed by atoms with E-state index in [-0.39, 0.29) is 5.31 Å². The molecule has 70 valence electrons. The second-order valence-electron chi connectivity index (χ2n) is 4.69. The van der Waals surface area contributed by atoms with Crippen LogP contribution in [-0.4, -0.2) is 7.85 Å². The lowest BCUT2D eigenvalue weighted by atomic mass is 9.64. The molecule has 0 aliphatic heterocycles. The van der Waals surface area contributed by atoms with Crippen LogP contribution in [0.3, 0.4) is 0 Å². The molecule has 0 aliphatic rings. The topological polar surface area (TPSA) is 0 Å². The second-order valence-corrected chi connectivity index (χ2v) is 4.69. The molecule has 0 saturated carbocycles. The van der Waals surface area contributed by atoms with Gasteiger partial charge >= 0.3 is 0 Å². The molecule has 12 heavy (non-hydrogen) atoms. The predicted molar refractivity (Wildman–Crippen MR) is 57.7 cm³/mol. The van der Waals surface area contributed by atoms with Gasteiger partial charge in [-0.25, -0.2) is 0 Å². The lowest BCUT2D eigenvalue weighted by Crippen LogP contribution is -2.07. The van der Waals surface area contributed by atoms with E-state index in [0.29, 0.717) is 0 Å². The van der Waals surface area contributed by atoms with Gasteiger partial charge in [-0.15, -0.1) is 0 Å². The quantitative estimate of drug-likeness (QED) is 0.524. The molecule has 0 fully saturated rings. The zero-order chi connectivity index (χ0) is 9.61. The maximum absolute atomic E-state index is 6.11. The fraction of sp³-hybridized carbons (Fsp3) is 1.00. The van der Waals surface area contributed by atoms with Gasteiger partial charge in [0.1, 0.15) is 0 Å². The molecule has 0 aromatic carbocycles. The Morgan fingerprint density at radius 3 is 2.25 bits per heavy atom. The predicted octanol–water partition coefficient (Wildman–Crippen LogP) is 3.96. The third kappa shape index (κ3) is 6.76. The van der Waals surface area contributed by atoms with Gasteiger partial charge < -0.3 is 0 Å². The molecule has 0 bridgehead atoms. The minimum atomic E-state index is 0.0869. The summed E-state index contributed by atoms with van der Waals surface area (Å²) in [6.07, 6.45) is 6.14. The summed E-state index contributed by atoms with van der Waals surface area (Å²) >= 11 is 0. The van der Waals surface area contributed by atoms with Crippen molar-refractivity contribution in [1.82, 2.24) is 0 Å². The van der Waals surface area contributed by atoms with Crippen LogP contribution in [0, 0.1) is 5.92 Å². The molecule has 1 unspecified atom stereocenters. The molecule has 0 spiro atoms. The molecule has 0 rings (SSSR count). The normalized spacial score (nSPS) is 16.4. The van der Waals surface area contributed by atoms with Crippen molar-refractivity contribution in [2.24, 2.45) is 5.92 Å². The van der Waals surface area contributed by atoms with Gasteiger partial charge in [0.2, 0.25) is 0 Å². The van der Waals surface area contributed by atoms with Crippen LogP contribution in [0.4, 0.5) is 0 Å². The fourth-order valence-corrected chi connectivity index (χ4v) is 1.61. The fourth-order valence-electron chi connectivity index (χ4n) is 1.61. The summed E-state index contributed by atoms with van der Waals surface area (Å²) in [5.74, 6) is 0.822. The molecule has 1 heteroatoms. The first-order valence-corrected chi connectivity index (χ1v) is 5.27. The van der Waals surface area contributed by atoms with Gasteiger partial charge in [-0.3, -0.25) is 0 Å². The van der Waals surface area contributed by atoms with E-state index in [0.717, 1.165) is 12.3 Å². The molecule has 0 aromatic heterocycles. The molecule has 0 nitrogen and oxygen atoms in total. The van der Waals surface area contributed by atoms with Crippen LogP contribution in [-0.2, 0) is 0 Å². The monoisotopic (exact) mass is 166 g/mol. The number of hydrogen-bond donors (Lipinski definition) is 0. The maximum atomic E-state index is 6.11. The maximum Gasteiger partial charge on any atom is 0.0742 e. The van der Waals surface area contributed by atoms with Crippen molar-refractivity contribution in [2.45, 2.75) is 65.1 Å². The van der Waals surface area contributed by atoms with Crippen molar-refractivity contribution in [1.29, 1.82) is 0 Å².